The summed E-state index contributed by atoms with van der Waals surface area (Å²) in [6.45, 7) is 3.61. The molecule has 1 aromatic carbocycles. The molecule has 0 fully saturated rings. The van der Waals surface area contributed by atoms with Gasteiger partial charge in [0.15, 0.2) is 18.3 Å². The summed E-state index contributed by atoms with van der Waals surface area (Å²) in [5, 5.41) is 14.5. The molecule has 1 aliphatic heterocycles. The number of carbonyl (C=O) groups excluding carboxylic acids is 6. The van der Waals surface area contributed by atoms with Crippen molar-refractivity contribution in [1.29, 1.82) is 0 Å². The van der Waals surface area contributed by atoms with Crippen LogP contribution >= 0.6 is 0 Å². The van der Waals surface area contributed by atoms with Crippen LogP contribution in [0.2, 0.25) is 0 Å². The second-order valence-corrected chi connectivity index (χ2v) is 8.77. The van der Waals surface area contributed by atoms with Gasteiger partial charge in [0.05, 0.1) is 19.2 Å². The van der Waals surface area contributed by atoms with E-state index in [0.717, 1.165) is 34.0 Å². The fraction of sp³-hybridized carbons (Fsp3) is 0.462. The second-order valence-electron chi connectivity index (χ2n) is 8.77. The molecule has 0 aliphatic carbocycles. The summed E-state index contributed by atoms with van der Waals surface area (Å²) in [5.41, 5.74) is 0.552. The molecule has 15 nitrogen and oxygen atoms in total. The second kappa shape index (κ2) is 15.1. The molecule has 0 saturated carbocycles. The molecule has 2 amide bonds. The van der Waals surface area contributed by atoms with Crippen molar-refractivity contribution in [3.8, 4) is 5.75 Å². The number of rotatable bonds is 11. The van der Waals surface area contributed by atoms with Crippen LogP contribution < -0.4 is 10.6 Å². The molecule has 3 N–H and O–H groups in total. The topological polar surface area (TPSA) is 202 Å². The van der Waals surface area contributed by atoms with Gasteiger partial charge in [0.25, 0.3) is 0 Å². The van der Waals surface area contributed by atoms with Crippen molar-refractivity contribution >= 4 is 35.9 Å². The van der Waals surface area contributed by atoms with E-state index in [1.165, 1.54) is 31.2 Å². The van der Waals surface area contributed by atoms with E-state index in [-0.39, 0.29) is 12.4 Å². The van der Waals surface area contributed by atoms with Gasteiger partial charge in [-0.05, 0) is 23.8 Å². The zero-order valence-corrected chi connectivity index (χ0v) is 23.0. The molecule has 224 valence electrons. The minimum atomic E-state index is -1.57. The number of benzene rings is 1. The number of ether oxygens (including phenoxy) is 6. The average molecular weight is 581 g/mol. The van der Waals surface area contributed by atoms with Gasteiger partial charge in [-0.3, -0.25) is 19.2 Å². The lowest BCUT2D eigenvalue weighted by atomic mass is 9.91. The van der Waals surface area contributed by atoms with Crippen LogP contribution in [0.3, 0.4) is 0 Å². The van der Waals surface area contributed by atoms with Crippen molar-refractivity contribution in [2.24, 2.45) is 0 Å². The Kier molecular flexibility index (Phi) is 11.9. The van der Waals surface area contributed by atoms with Gasteiger partial charge in [-0.2, -0.15) is 0 Å². The van der Waals surface area contributed by atoms with Gasteiger partial charge in [0.1, 0.15) is 19.0 Å². The first kappa shape index (κ1) is 32.4. The first-order valence-corrected chi connectivity index (χ1v) is 12.2. The Morgan fingerprint density at radius 1 is 0.902 bits per heavy atom. The highest BCUT2D eigenvalue weighted by Gasteiger charge is 2.48. The summed E-state index contributed by atoms with van der Waals surface area (Å²) in [7, 11) is 1.07. The van der Waals surface area contributed by atoms with E-state index in [4.69, 9.17) is 28.4 Å². The number of methoxy groups -OCH3 is 1. The Hall–Kier alpha value is -4.82. The molecule has 0 unspecified atom stereocenters. The van der Waals surface area contributed by atoms with Crippen LogP contribution in [0.25, 0.3) is 0 Å². The standard InChI is InChI=1S/C26H32N2O13/c1-13(29)27-22-19(28-26(35)38-11-17-6-8-18(33)9-7-17)10-20(25(34)36-5)41-24(22)23(40-16(4)32)21(39-15(3)31)12-37-14(2)30/h6-10,19,21-24,33H,11-12H2,1-5H3,(H,27,29)(H,28,35)/t19-,21+,22+,23+,24+/m0/s1. The lowest BCUT2D eigenvalue weighted by Gasteiger charge is -2.41. The predicted octanol–water partition coefficient (Wildman–Crippen LogP) is 0.374. The van der Waals surface area contributed by atoms with Crippen LogP contribution in [0.4, 0.5) is 4.79 Å². The van der Waals surface area contributed by atoms with Gasteiger partial charge < -0.3 is 44.2 Å². The highest BCUT2D eigenvalue weighted by molar-refractivity contribution is 5.87. The number of nitrogens with one attached hydrogen (secondary N) is 2. The number of hydrogen-bond donors (Lipinski definition) is 3. The largest absolute Gasteiger partial charge is 0.508 e. The fourth-order valence-electron chi connectivity index (χ4n) is 3.83. The third-order valence-electron chi connectivity index (χ3n) is 5.44. The number of esters is 4. The van der Waals surface area contributed by atoms with Crippen LogP contribution in [0.1, 0.15) is 33.3 Å². The lowest BCUT2D eigenvalue weighted by Crippen LogP contribution is -2.64. The van der Waals surface area contributed by atoms with Crippen molar-refractivity contribution < 1.29 is 62.3 Å². The summed E-state index contributed by atoms with van der Waals surface area (Å²) in [5.74, 6) is -4.44. The average Bonchev–Trinajstić information content (AvgIpc) is 2.89. The van der Waals surface area contributed by atoms with E-state index < -0.39 is 78.6 Å². The molecule has 1 aliphatic rings. The van der Waals surface area contributed by atoms with E-state index in [2.05, 4.69) is 10.6 Å². The van der Waals surface area contributed by atoms with Gasteiger partial charge in [0.2, 0.25) is 11.7 Å². The van der Waals surface area contributed by atoms with Gasteiger partial charge in [0, 0.05) is 27.7 Å². The molecule has 41 heavy (non-hydrogen) atoms. The minimum absolute atomic E-state index is 0.0215. The van der Waals surface area contributed by atoms with E-state index in [1.54, 1.807) is 0 Å². The van der Waals surface area contributed by atoms with Crippen LogP contribution in [-0.4, -0.2) is 85.1 Å². The molecule has 15 heteroatoms. The summed E-state index contributed by atoms with van der Waals surface area (Å²) in [4.78, 5) is 72.9. The summed E-state index contributed by atoms with van der Waals surface area (Å²) in [6, 6.07) is 3.41. The summed E-state index contributed by atoms with van der Waals surface area (Å²) < 4.78 is 31.4. The van der Waals surface area contributed by atoms with Gasteiger partial charge >= 0.3 is 30.0 Å². The number of amides is 2. The predicted molar refractivity (Wildman–Crippen MR) is 136 cm³/mol. The molecule has 0 radical (unpaired) electrons. The molecule has 1 heterocycles. The number of phenols is 1. The number of carbonyl (C=O) groups is 6. The SMILES string of the molecule is COC(=O)C1=C[C@H](NC(=O)OCc2ccc(O)cc2)[C@@H](NC(C)=O)[C@H]([C@H](OC(C)=O)[C@@H](COC(C)=O)OC(C)=O)O1. The van der Waals surface area contributed by atoms with Crippen LogP contribution in [-0.2, 0) is 59.0 Å². The maximum absolute atomic E-state index is 12.7. The van der Waals surface area contributed by atoms with Crippen LogP contribution in [0, 0.1) is 0 Å². The van der Waals surface area contributed by atoms with Crippen molar-refractivity contribution in [3.05, 3.63) is 41.7 Å². The van der Waals surface area contributed by atoms with E-state index in [0.29, 0.717) is 5.56 Å². The lowest BCUT2D eigenvalue weighted by molar-refractivity contribution is -0.188. The zero-order valence-electron chi connectivity index (χ0n) is 23.0. The van der Waals surface area contributed by atoms with E-state index >= 15 is 0 Å². The van der Waals surface area contributed by atoms with Crippen LogP contribution in [0.15, 0.2) is 36.1 Å². The number of alkyl carbamates (subject to hydrolysis) is 1. The molecule has 2 rings (SSSR count). The Labute approximate surface area is 235 Å². The third-order valence-corrected chi connectivity index (χ3v) is 5.44. The molecule has 0 aromatic heterocycles. The van der Waals surface area contributed by atoms with Crippen molar-refractivity contribution in [3.63, 3.8) is 0 Å². The van der Waals surface area contributed by atoms with E-state index in [1.807, 2.05) is 0 Å². The first-order valence-electron chi connectivity index (χ1n) is 12.2. The molecule has 0 saturated heterocycles. The molecular weight excluding hydrogens is 548 g/mol. The third kappa shape index (κ3) is 10.3. The Bertz CT molecular complexity index is 1160. The quantitative estimate of drug-likeness (QED) is 0.240. The first-order chi connectivity index (χ1) is 19.3. The molecule has 0 spiro atoms. The summed E-state index contributed by atoms with van der Waals surface area (Å²) >= 11 is 0. The van der Waals surface area contributed by atoms with Gasteiger partial charge in [-0.25, -0.2) is 9.59 Å². The number of aromatic hydroxyl groups is 1. The minimum Gasteiger partial charge on any atom is -0.508 e. The molecular formula is C26H32N2O13. The molecule has 0 bridgehead atoms. The zero-order chi connectivity index (χ0) is 30.7. The molecule has 1 aromatic rings. The Morgan fingerprint density at radius 2 is 1.54 bits per heavy atom. The maximum Gasteiger partial charge on any atom is 0.408 e. The number of hydrogen-bond acceptors (Lipinski definition) is 13. The van der Waals surface area contributed by atoms with E-state index in [9.17, 15) is 33.9 Å². The maximum atomic E-state index is 12.7. The monoisotopic (exact) mass is 580 g/mol. The molecule has 5 atom stereocenters. The summed E-state index contributed by atoms with van der Waals surface area (Å²) in [6.07, 6.45) is -4.34. The Balaban J connectivity index is 2.48. The normalized spacial score (nSPS) is 19.1. The smallest absolute Gasteiger partial charge is 0.408 e. The number of phenolic OH excluding ortho intramolecular Hbond substituents is 1. The highest BCUT2D eigenvalue weighted by Crippen LogP contribution is 2.27. The van der Waals surface area contributed by atoms with Crippen molar-refractivity contribution in [1.82, 2.24) is 10.6 Å². The highest BCUT2D eigenvalue weighted by atomic mass is 16.6. The van der Waals surface area contributed by atoms with Gasteiger partial charge in [-0.15, -0.1) is 0 Å². The van der Waals surface area contributed by atoms with Crippen LogP contribution in [0.5, 0.6) is 5.75 Å². The van der Waals surface area contributed by atoms with Crippen molar-refractivity contribution in [2.45, 2.75) is 64.7 Å². The Morgan fingerprint density at radius 3 is 2.07 bits per heavy atom. The van der Waals surface area contributed by atoms with Gasteiger partial charge in [-0.1, -0.05) is 12.1 Å². The fourth-order valence-corrected chi connectivity index (χ4v) is 3.83. The van der Waals surface area contributed by atoms with Crippen molar-refractivity contribution in [2.75, 3.05) is 13.7 Å².